The van der Waals surface area contributed by atoms with Gasteiger partial charge in [-0.2, -0.15) is 0 Å². The van der Waals surface area contributed by atoms with Crippen LogP contribution in [0.5, 0.6) is 0 Å². The minimum Gasteiger partial charge on any atom is -0.387 e. The Bertz CT molecular complexity index is 5230. The van der Waals surface area contributed by atoms with Crippen LogP contribution in [-0.2, 0) is 14.4 Å². The molecule has 0 saturated carbocycles. The Kier molecular flexibility index (Phi) is 31.8. The summed E-state index contributed by atoms with van der Waals surface area (Å²) in [6.45, 7) is 32.7. The highest BCUT2D eigenvalue weighted by molar-refractivity contribution is 6.12. The smallest absolute Gasteiger partial charge is 0.253 e. The monoisotopic (exact) mass is 1660 g/mol. The van der Waals surface area contributed by atoms with Gasteiger partial charge in [0.2, 0.25) is 17.7 Å². The fraction of sp³-hybridized carbons (Fsp3) is 0.417. The zero-order valence-electron chi connectivity index (χ0n) is 74.7. The van der Waals surface area contributed by atoms with Gasteiger partial charge >= 0.3 is 0 Å². The summed E-state index contributed by atoms with van der Waals surface area (Å²) in [5, 5.41) is 3.48. The maximum absolute atomic E-state index is 13.5. The molecule has 0 unspecified atom stereocenters. The van der Waals surface area contributed by atoms with Crippen LogP contribution in [0.25, 0.3) is 57.7 Å². The zero-order valence-corrected chi connectivity index (χ0v) is 74.7. The van der Waals surface area contributed by atoms with Crippen LogP contribution in [0.1, 0.15) is 234 Å². The number of aryl methyl sites for hydroxylation is 3. The maximum Gasteiger partial charge on any atom is 0.253 e. The van der Waals surface area contributed by atoms with Gasteiger partial charge in [0.15, 0.2) is 0 Å². The Labute approximate surface area is 729 Å². The van der Waals surface area contributed by atoms with Crippen molar-refractivity contribution in [3.05, 3.63) is 211 Å². The van der Waals surface area contributed by atoms with Gasteiger partial charge in [-0.15, -0.1) is 0 Å². The summed E-state index contributed by atoms with van der Waals surface area (Å²) < 4.78 is 0. The number of nitrogens with zero attached hydrogens (tertiary/aromatic N) is 11. The zero-order chi connectivity index (χ0) is 87.2. The molecular weight excluding hydrogens is 1530 g/mol. The van der Waals surface area contributed by atoms with Gasteiger partial charge in [-0.1, -0.05) is 126 Å². The maximum atomic E-state index is 13.5. The highest BCUT2D eigenvalue weighted by Crippen LogP contribution is 2.40. The number of likely N-dealkylation sites (tertiary alicyclic amines) is 3. The number of benzene rings is 7. The number of aliphatic imine (C=N–C) groups is 4. The van der Waals surface area contributed by atoms with Gasteiger partial charge in [-0.3, -0.25) is 38.8 Å². The standard InChI is InChI=1S/C31H40N4O2.C30H38N4O2.C24H25N3O.C18H25N3O/c1-5-7-15-34(14-6-2)31(37)26-19-25-18-22(3)27(21-28(25)33-29(20-26)32-4)23-10-12-24(13-11-23)30(36)35-16-8-9-17-35;1-4-6-14-33(13-5-2)30(36)25-18-24-17-21(3)26(20-27(24)32-28(31)19-25)22-9-11-23(12-10-22)29(35)34-15-7-8-16-34;1-17-14-21-9-8-20(16-22(21)27-13-10-25-23(27)15-17)18-4-6-19(7-5-18)24(28)26-11-2-3-12-26;1-4-8-21(9-5-2)18(22)15-11-14-10-13(3)6-7-16(14)20-17(19)12-15/h10-13,18-19,21H,5-9,14-17,20H2,1-4H3,(H,32,33);9-12,17-18,20H,4-8,13-16,19H2,1-3H3,(H2,31,32);4-9,14,16H,2-3,10-13,15H2,1H3;6-7,10-11H,4-5,8-9,12H2,1-3H3,(H2,19,20). The summed E-state index contributed by atoms with van der Waals surface area (Å²) in [5.74, 6) is 3.52. The fourth-order valence-electron chi connectivity index (χ4n) is 17.4. The average molecular weight is 1660 g/mol. The molecule has 6 amide bonds. The highest BCUT2D eigenvalue weighted by atomic mass is 16.2. The number of amides is 6. The molecule has 0 radical (unpaired) electrons. The summed E-state index contributed by atoms with van der Waals surface area (Å²) in [5.41, 5.74) is 35.9. The van der Waals surface area contributed by atoms with Crippen LogP contribution in [0, 0.1) is 20.8 Å². The summed E-state index contributed by atoms with van der Waals surface area (Å²) in [7, 11) is 1.77. The lowest BCUT2D eigenvalue weighted by Gasteiger charge is -2.23. The van der Waals surface area contributed by atoms with E-state index in [2.05, 4.69) is 148 Å². The molecule has 20 heteroatoms. The first kappa shape index (κ1) is 90.4. The Morgan fingerprint density at radius 3 is 1.31 bits per heavy atom. The Morgan fingerprint density at radius 1 is 0.415 bits per heavy atom. The van der Waals surface area contributed by atoms with Crippen molar-refractivity contribution in [2.45, 2.75) is 185 Å². The van der Waals surface area contributed by atoms with Gasteiger partial charge in [0.05, 0.1) is 23.6 Å². The number of rotatable bonds is 23. The van der Waals surface area contributed by atoms with E-state index in [1.54, 1.807) is 7.05 Å². The number of unbranched alkanes of at least 4 members (excludes halogenated alkanes) is 2. The third-order valence-electron chi connectivity index (χ3n) is 24.0. The van der Waals surface area contributed by atoms with Crippen molar-refractivity contribution in [2.75, 3.05) is 109 Å². The van der Waals surface area contributed by atoms with Crippen LogP contribution in [0.15, 0.2) is 176 Å². The molecule has 5 N–H and O–H groups in total. The predicted molar refractivity (Wildman–Crippen MR) is 508 cm³/mol. The predicted octanol–water partition coefficient (Wildman–Crippen LogP) is 19.9. The molecule has 3 saturated heterocycles. The van der Waals surface area contributed by atoms with E-state index < -0.39 is 0 Å². The first-order valence-electron chi connectivity index (χ1n) is 45.2. The number of hydrogen-bond acceptors (Lipinski definition) is 13. The number of amidine groups is 4. The lowest BCUT2D eigenvalue weighted by atomic mass is 9.95. The van der Waals surface area contributed by atoms with Crippen LogP contribution in [0.3, 0.4) is 0 Å². The van der Waals surface area contributed by atoms with Crippen LogP contribution < -0.4 is 21.7 Å². The van der Waals surface area contributed by atoms with E-state index in [9.17, 15) is 28.8 Å². The van der Waals surface area contributed by atoms with E-state index in [0.717, 1.165) is 300 Å². The molecule has 7 aromatic rings. The van der Waals surface area contributed by atoms with Crippen molar-refractivity contribution < 1.29 is 28.8 Å². The number of nitrogens with one attached hydrogen (secondary N) is 1. The van der Waals surface area contributed by atoms with Crippen molar-refractivity contribution in [1.29, 1.82) is 0 Å². The number of fused-ring (bicyclic) bond motifs is 6. The van der Waals surface area contributed by atoms with E-state index in [1.807, 2.05) is 133 Å². The van der Waals surface area contributed by atoms with Gasteiger partial charge in [0, 0.05) is 168 Å². The third-order valence-corrected chi connectivity index (χ3v) is 24.0. The first-order chi connectivity index (χ1) is 59.6. The lowest BCUT2D eigenvalue weighted by Crippen LogP contribution is -2.34. The fourth-order valence-corrected chi connectivity index (χ4v) is 17.4. The number of hydrogen-bond donors (Lipinski definition) is 3. The third kappa shape index (κ3) is 22.9. The van der Waals surface area contributed by atoms with Gasteiger partial charge in [-0.25, -0.2) is 9.98 Å². The largest absolute Gasteiger partial charge is 0.387 e. The van der Waals surface area contributed by atoms with E-state index in [-0.39, 0.29) is 35.4 Å². The number of carbonyl (C=O) groups excluding carboxylic acids is 6. The van der Waals surface area contributed by atoms with E-state index in [0.29, 0.717) is 36.5 Å². The molecule has 15 rings (SSSR count). The number of nitrogens with two attached hydrogens (primary N) is 2. The first-order valence-corrected chi connectivity index (χ1v) is 45.2. The number of anilines is 2. The minimum absolute atomic E-state index is 0.0521. The van der Waals surface area contributed by atoms with Gasteiger partial charge < -0.3 is 51.1 Å². The van der Waals surface area contributed by atoms with Crippen molar-refractivity contribution in [1.82, 2.24) is 29.4 Å². The molecule has 8 aliphatic rings. The van der Waals surface area contributed by atoms with Gasteiger partial charge in [0.1, 0.15) is 23.3 Å². The van der Waals surface area contributed by atoms with E-state index in [1.165, 1.54) is 28.2 Å². The molecule has 20 nitrogen and oxygen atoms in total. The molecule has 0 atom stereocenters. The summed E-state index contributed by atoms with van der Waals surface area (Å²) in [6.07, 6.45) is 24.9. The topological polar surface area (TPSA) is 239 Å². The SMILES string of the molecule is CC1=Cc2ccc(-c3ccc(C(=O)N4CCCC4)cc3)cc2N2CCN=C2C1.CCCCN(CCC)C(=O)C1=Cc2cc(C)c(-c3ccc(C(=O)N4CCCC4)cc3)cc2N=C(N)C1.CCCCN(CCC)C(=O)C1=Cc2cc(C)c(-c3ccc(C(=O)N4CCCC4)cc3)cc2NC(=NC)C1.CCCN(CCC)C(=O)C1=Cc2cc(C)ccc2N=C(N)C1. The minimum atomic E-state index is 0.0521. The molecule has 0 aromatic heterocycles. The van der Waals surface area contributed by atoms with Crippen molar-refractivity contribution in [3.63, 3.8) is 0 Å². The average Bonchev–Trinajstić information content (AvgIpc) is 1.71. The summed E-state index contributed by atoms with van der Waals surface area (Å²) >= 11 is 0. The van der Waals surface area contributed by atoms with Crippen LogP contribution >= 0.6 is 0 Å². The molecule has 3 fully saturated rings. The molecule has 8 heterocycles. The van der Waals surface area contributed by atoms with Gasteiger partial charge in [0.25, 0.3) is 17.7 Å². The summed E-state index contributed by atoms with van der Waals surface area (Å²) in [4.78, 5) is 110. The molecule has 123 heavy (non-hydrogen) atoms. The Hall–Kier alpha value is -11.8. The molecule has 0 aliphatic carbocycles. The number of carbonyl (C=O) groups is 6. The molecular formula is C103H128N14O6. The second kappa shape index (κ2) is 43.3. The van der Waals surface area contributed by atoms with Crippen molar-refractivity contribution in [3.8, 4) is 33.4 Å². The molecule has 0 spiro atoms. The Morgan fingerprint density at radius 2 is 0.837 bits per heavy atom. The Balaban J connectivity index is 0.000000152. The van der Waals surface area contributed by atoms with Crippen molar-refractivity contribution >= 4 is 106 Å². The second-order valence-electron chi connectivity index (χ2n) is 33.8. The van der Waals surface area contributed by atoms with Crippen LogP contribution in [0.4, 0.5) is 22.7 Å². The lowest BCUT2D eigenvalue weighted by molar-refractivity contribution is -0.128. The van der Waals surface area contributed by atoms with Gasteiger partial charge in [-0.05, 0) is 257 Å². The normalized spacial score (nSPS) is 15.9. The van der Waals surface area contributed by atoms with Crippen LogP contribution in [-0.4, -0.2) is 187 Å². The van der Waals surface area contributed by atoms with Crippen molar-refractivity contribution in [2.24, 2.45) is 31.4 Å². The molecule has 0 bridgehead atoms. The highest BCUT2D eigenvalue weighted by Gasteiger charge is 2.30. The molecule has 7 aromatic carbocycles. The van der Waals surface area contributed by atoms with E-state index >= 15 is 0 Å². The second-order valence-corrected chi connectivity index (χ2v) is 33.8. The van der Waals surface area contributed by atoms with Crippen LogP contribution in [0.2, 0.25) is 0 Å². The quantitative estimate of drug-likeness (QED) is 0.0547. The van der Waals surface area contributed by atoms with E-state index in [4.69, 9.17) is 16.5 Å². The summed E-state index contributed by atoms with van der Waals surface area (Å²) in [6, 6.07) is 44.9. The molecule has 646 valence electrons. The molecule has 8 aliphatic heterocycles.